The molecule has 43 heavy (non-hydrogen) atoms. The fraction of sp³-hybridized carbons (Fsp3) is 0.452. The lowest BCUT2D eigenvalue weighted by Gasteiger charge is -2.28. The normalized spacial score (nSPS) is 19.0. The number of carbonyl (C=O) groups excluding carboxylic acids is 3. The molecule has 4 N–H and O–H groups in total. The van der Waals surface area contributed by atoms with Crippen molar-refractivity contribution in [2.24, 2.45) is 5.73 Å². The third-order valence-corrected chi connectivity index (χ3v) is 9.10. The van der Waals surface area contributed by atoms with Crippen LogP contribution in [0.2, 0.25) is 5.02 Å². The molecule has 4 rings (SSSR count). The molecule has 232 valence electrons. The van der Waals surface area contributed by atoms with Crippen molar-refractivity contribution in [1.82, 2.24) is 19.9 Å². The number of oxazole rings is 1. The van der Waals surface area contributed by atoms with Gasteiger partial charge in [-0.05, 0) is 75.7 Å². The van der Waals surface area contributed by atoms with Crippen LogP contribution >= 0.6 is 22.3 Å². The molecule has 0 spiro atoms. The van der Waals surface area contributed by atoms with Gasteiger partial charge in [-0.1, -0.05) is 41.2 Å². The number of Topliss-reactive ketones (excluding diaryl/α,β-unsaturated/α-hetero) is 1. The van der Waals surface area contributed by atoms with Crippen LogP contribution in [0.5, 0.6) is 0 Å². The van der Waals surface area contributed by atoms with Crippen molar-refractivity contribution in [3.63, 3.8) is 0 Å². The maximum absolute atomic E-state index is 13.8. The third-order valence-electron chi connectivity index (χ3n) is 7.42. The topological polar surface area (TPSA) is 140 Å². The smallest absolute Gasteiger partial charge is 0.266 e. The largest absolute Gasteiger partial charge is 0.434 e. The Bertz CT molecular complexity index is 1410. The van der Waals surface area contributed by atoms with E-state index in [9.17, 15) is 14.4 Å². The summed E-state index contributed by atoms with van der Waals surface area (Å²) >= 11 is 6.01. The lowest BCUT2D eigenvalue weighted by Crippen LogP contribution is -2.53. The highest BCUT2D eigenvalue weighted by Gasteiger charge is 2.42. The first-order chi connectivity index (χ1) is 20.7. The van der Waals surface area contributed by atoms with E-state index in [0.29, 0.717) is 55.0 Å². The molecule has 1 aliphatic heterocycles. The minimum Gasteiger partial charge on any atom is -0.434 e. The summed E-state index contributed by atoms with van der Waals surface area (Å²) in [5.74, 6) is -1.11. The molecule has 1 fully saturated rings. The number of aromatic nitrogens is 1. The van der Waals surface area contributed by atoms with E-state index in [2.05, 4.69) is 15.0 Å². The fourth-order valence-corrected chi connectivity index (χ4v) is 5.93. The van der Waals surface area contributed by atoms with Gasteiger partial charge in [-0.15, -0.1) is 10.7 Å². The van der Waals surface area contributed by atoms with Crippen molar-refractivity contribution in [2.45, 2.75) is 70.4 Å². The summed E-state index contributed by atoms with van der Waals surface area (Å²) in [6.45, 7) is 4.75. The van der Waals surface area contributed by atoms with Crippen LogP contribution in [-0.2, 0) is 20.9 Å². The summed E-state index contributed by atoms with van der Waals surface area (Å²) in [5, 5.41) is 5.54. The number of likely N-dealkylation sites (tertiary alicyclic amines) is 1. The highest BCUT2D eigenvalue weighted by atomic mass is 35.5. The van der Waals surface area contributed by atoms with Crippen molar-refractivity contribution in [2.75, 3.05) is 19.3 Å². The van der Waals surface area contributed by atoms with Gasteiger partial charge in [0.05, 0.1) is 24.8 Å². The highest BCUT2D eigenvalue weighted by molar-refractivity contribution is 8.12. The maximum Gasteiger partial charge on any atom is 0.266 e. The number of para-hydroxylation sites is 2. The monoisotopic (exact) mass is 629 g/mol. The molecular weight excluding hydrogens is 590 g/mol. The molecule has 1 aliphatic rings. The van der Waals surface area contributed by atoms with Gasteiger partial charge in [-0.3, -0.25) is 19.1 Å². The van der Waals surface area contributed by atoms with Crippen LogP contribution < -0.4 is 15.8 Å². The molecule has 2 heterocycles. The van der Waals surface area contributed by atoms with Crippen LogP contribution in [0.1, 0.15) is 55.8 Å². The molecular formula is C31H40ClN5O5S. The Morgan fingerprint density at radius 3 is 2.65 bits per heavy atom. The van der Waals surface area contributed by atoms with Gasteiger partial charge in [0, 0.05) is 18.0 Å². The van der Waals surface area contributed by atoms with Gasteiger partial charge in [0.15, 0.2) is 5.58 Å². The SMILES string of the molecule is C/C=S(/C)N[C@H](C)C(=O)N1C[C@H](OCc2ccc(Cl)cc2)C[C@H]1C(=O)N[C@@H](CCCCN)C(=O)c1nc2ccccc2o1. The van der Waals surface area contributed by atoms with Gasteiger partial charge in [0.2, 0.25) is 17.6 Å². The average Bonchev–Trinajstić information content (AvgIpc) is 3.64. The van der Waals surface area contributed by atoms with Crippen LogP contribution in [0.3, 0.4) is 0 Å². The fourth-order valence-electron chi connectivity index (χ4n) is 5.01. The van der Waals surface area contributed by atoms with E-state index in [4.69, 9.17) is 26.5 Å². The number of nitrogens with two attached hydrogens (primary N) is 1. The van der Waals surface area contributed by atoms with Crippen molar-refractivity contribution < 1.29 is 23.5 Å². The second-order valence-electron chi connectivity index (χ2n) is 10.6. The zero-order chi connectivity index (χ0) is 30.9. The summed E-state index contributed by atoms with van der Waals surface area (Å²) in [4.78, 5) is 46.9. The summed E-state index contributed by atoms with van der Waals surface area (Å²) < 4.78 is 15.2. The number of hydrogen-bond acceptors (Lipinski definition) is 8. The van der Waals surface area contributed by atoms with E-state index in [1.807, 2.05) is 36.7 Å². The molecule has 0 bridgehead atoms. The van der Waals surface area contributed by atoms with Gasteiger partial charge in [-0.2, -0.15) is 0 Å². The quantitative estimate of drug-likeness (QED) is 0.138. The minimum absolute atomic E-state index is 0.0635. The summed E-state index contributed by atoms with van der Waals surface area (Å²) in [6, 6.07) is 12.2. The molecule has 5 atom stereocenters. The number of nitrogens with zero attached hydrogens (tertiary/aromatic N) is 2. The number of fused-ring (bicyclic) bond motifs is 1. The molecule has 10 nitrogen and oxygen atoms in total. The van der Waals surface area contributed by atoms with Crippen molar-refractivity contribution in [3.8, 4) is 0 Å². The lowest BCUT2D eigenvalue weighted by molar-refractivity contribution is -0.139. The third kappa shape index (κ3) is 8.73. The van der Waals surface area contributed by atoms with Gasteiger partial charge < -0.3 is 25.1 Å². The first-order valence-corrected chi connectivity index (χ1v) is 16.5. The number of ether oxygens (including phenoxy) is 1. The van der Waals surface area contributed by atoms with Crippen molar-refractivity contribution in [3.05, 3.63) is 65.0 Å². The van der Waals surface area contributed by atoms with E-state index < -0.39 is 29.8 Å². The van der Waals surface area contributed by atoms with Gasteiger partial charge in [0.25, 0.3) is 5.89 Å². The van der Waals surface area contributed by atoms with E-state index in [1.54, 1.807) is 42.2 Å². The predicted octanol–water partition coefficient (Wildman–Crippen LogP) is 4.08. The highest BCUT2D eigenvalue weighted by Crippen LogP contribution is 2.25. The molecule has 1 aromatic heterocycles. The maximum atomic E-state index is 13.8. The molecule has 2 amide bonds. The van der Waals surface area contributed by atoms with Crippen LogP contribution in [-0.4, -0.2) is 76.4 Å². The van der Waals surface area contributed by atoms with Crippen LogP contribution in [0.15, 0.2) is 52.9 Å². The van der Waals surface area contributed by atoms with Crippen molar-refractivity contribution in [1.29, 1.82) is 0 Å². The minimum atomic E-state index is -0.884. The zero-order valence-corrected chi connectivity index (χ0v) is 26.3. The zero-order valence-electron chi connectivity index (χ0n) is 24.8. The Morgan fingerprint density at radius 1 is 1.21 bits per heavy atom. The Labute approximate surface area is 259 Å². The first-order valence-electron chi connectivity index (χ1n) is 14.5. The number of unbranched alkanes of at least 4 members (excludes halogenated alkanes) is 1. The predicted molar refractivity (Wildman–Crippen MR) is 171 cm³/mol. The van der Waals surface area contributed by atoms with E-state index in [1.165, 1.54) is 0 Å². The molecule has 0 saturated carbocycles. The second-order valence-corrected chi connectivity index (χ2v) is 12.9. The van der Waals surface area contributed by atoms with E-state index in [0.717, 1.165) is 5.56 Å². The van der Waals surface area contributed by atoms with Crippen LogP contribution in [0, 0.1) is 0 Å². The Morgan fingerprint density at radius 2 is 1.95 bits per heavy atom. The van der Waals surface area contributed by atoms with Crippen molar-refractivity contribution >= 4 is 56.3 Å². The standard InChI is InChI=1S/C31H40ClN5O5S/c1-4-43(3)36-20(2)31(40)37-18-23(41-19-21-12-14-22(32)15-13-21)17-26(37)29(39)34-25(10-7-8-16-33)28(38)30-35-24-9-5-6-11-27(24)42-30/h4-6,9,11-15,20,23,25-26,36H,7-8,10,16-19,33H2,1-3H3,(H,34,39)/t20-,23-,25+,26+,43?/m1/s1. The summed E-state index contributed by atoms with van der Waals surface area (Å²) in [7, 11) is -0.274. The Hall–Kier alpha value is -3.09. The number of amides is 2. The molecule has 0 radical (unpaired) electrons. The summed E-state index contributed by atoms with van der Waals surface area (Å²) in [6.07, 6.45) is 3.59. The molecule has 1 saturated heterocycles. The van der Waals surface area contributed by atoms with Gasteiger partial charge in [0.1, 0.15) is 11.6 Å². The number of halogens is 1. The molecule has 1 unspecified atom stereocenters. The van der Waals surface area contributed by atoms with E-state index >= 15 is 0 Å². The molecule has 0 aliphatic carbocycles. The lowest BCUT2D eigenvalue weighted by atomic mass is 10.0. The summed E-state index contributed by atoms with van der Waals surface area (Å²) in [5.41, 5.74) is 7.68. The van der Waals surface area contributed by atoms with Crippen LogP contribution in [0.25, 0.3) is 11.1 Å². The molecule has 2 aromatic carbocycles. The number of rotatable bonds is 14. The van der Waals surface area contributed by atoms with Gasteiger partial charge >= 0.3 is 0 Å². The van der Waals surface area contributed by atoms with Crippen LogP contribution in [0.4, 0.5) is 0 Å². The average molecular weight is 630 g/mol. The number of ketones is 1. The molecule has 12 heteroatoms. The second kappa shape index (κ2) is 15.6. The van der Waals surface area contributed by atoms with Gasteiger partial charge in [-0.25, -0.2) is 4.98 Å². The molecule has 3 aromatic rings. The number of nitrogens with one attached hydrogen (secondary N) is 2. The number of carbonyl (C=O) groups is 3. The number of hydrogen-bond donors (Lipinski definition) is 3. The first kappa shape index (κ1) is 32.8. The van der Waals surface area contributed by atoms with E-state index in [-0.39, 0.29) is 35.1 Å². The Kier molecular flexibility index (Phi) is 11.9. The number of benzene rings is 2. The Balaban J connectivity index is 1.53.